The highest BCUT2D eigenvalue weighted by molar-refractivity contribution is 5.67. The van der Waals surface area contributed by atoms with E-state index in [1.807, 2.05) is 0 Å². The van der Waals surface area contributed by atoms with Crippen LogP contribution >= 0.6 is 0 Å². The first kappa shape index (κ1) is 26.6. The van der Waals surface area contributed by atoms with Crippen molar-refractivity contribution in [3.63, 3.8) is 0 Å². The Labute approximate surface area is 189 Å². The second-order valence-corrected chi connectivity index (χ2v) is 7.63. The number of hydrogen-bond donors (Lipinski definition) is 4. The molecular formula is C23H28F4N2O4. The number of benzene rings is 2. The molecule has 0 heterocycles. The first-order valence-electron chi connectivity index (χ1n) is 10.5. The number of hydrogen-bond acceptors (Lipinski definition) is 5. The molecule has 33 heavy (non-hydrogen) atoms. The summed E-state index contributed by atoms with van der Waals surface area (Å²) in [6.45, 7) is 3.03. The van der Waals surface area contributed by atoms with Gasteiger partial charge < -0.3 is 20.3 Å². The Hall–Kier alpha value is -2.69. The highest BCUT2D eigenvalue weighted by Crippen LogP contribution is 2.26. The third-order valence-corrected chi connectivity index (χ3v) is 5.22. The van der Waals surface area contributed by atoms with Gasteiger partial charge in [-0.2, -0.15) is 0 Å². The largest absolute Gasteiger partial charge is 0.450 e. The number of nitrogens with one attached hydrogen (secondary N) is 2. The standard InChI is InChI=1S/C23H28F4N2O4/c1-3-33-23(32)29-22(16(8-9-30)15-5-7-18(25)20(27)12-15)28-21(31)10-13(2)14-4-6-17(24)19(26)11-14/h4-7,11-13,16,21-22,28,30-31H,3,8-10H2,1-2H3,(H,29,32). The minimum absolute atomic E-state index is 0.0423. The Kier molecular flexibility index (Phi) is 10.1. The summed E-state index contributed by atoms with van der Waals surface area (Å²) in [6.07, 6.45) is -3.00. The van der Waals surface area contributed by atoms with E-state index in [1.54, 1.807) is 13.8 Å². The lowest BCUT2D eigenvalue weighted by Gasteiger charge is -2.31. The molecular weight excluding hydrogens is 444 g/mol. The molecule has 0 aliphatic heterocycles. The van der Waals surface area contributed by atoms with Crippen LogP contribution in [0.5, 0.6) is 0 Å². The topological polar surface area (TPSA) is 90.8 Å². The normalized spacial score (nSPS) is 14.9. The van der Waals surface area contributed by atoms with E-state index in [0.29, 0.717) is 5.56 Å². The molecule has 0 saturated carbocycles. The number of amides is 1. The molecule has 0 fully saturated rings. The maximum absolute atomic E-state index is 13.8. The highest BCUT2D eigenvalue weighted by Gasteiger charge is 2.28. The molecule has 4 unspecified atom stereocenters. The molecule has 0 saturated heterocycles. The molecule has 2 aromatic rings. The van der Waals surface area contributed by atoms with Crippen LogP contribution in [0.4, 0.5) is 22.4 Å². The Morgan fingerprint density at radius 2 is 1.58 bits per heavy atom. The number of halogens is 4. The lowest BCUT2D eigenvalue weighted by molar-refractivity contribution is 0.0848. The summed E-state index contributed by atoms with van der Waals surface area (Å²) >= 11 is 0. The summed E-state index contributed by atoms with van der Waals surface area (Å²) < 4.78 is 58.9. The Morgan fingerprint density at radius 3 is 2.12 bits per heavy atom. The van der Waals surface area contributed by atoms with Gasteiger partial charge in [0.25, 0.3) is 0 Å². The fourth-order valence-corrected chi connectivity index (χ4v) is 3.53. The van der Waals surface area contributed by atoms with Gasteiger partial charge in [0.1, 0.15) is 6.23 Å². The van der Waals surface area contributed by atoms with E-state index in [1.165, 1.54) is 12.1 Å². The molecule has 4 atom stereocenters. The second-order valence-electron chi connectivity index (χ2n) is 7.63. The molecule has 2 aromatic carbocycles. The zero-order chi connectivity index (χ0) is 24.5. The van der Waals surface area contributed by atoms with Crippen molar-refractivity contribution in [3.8, 4) is 0 Å². The molecule has 0 aromatic heterocycles. The summed E-state index contributed by atoms with van der Waals surface area (Å²) in [5.74, 6) is -5.30. The van der Waals surface area contributed by atoms with Crippen molar-refractivity contribution in [1.82, 2.24) is 10.6 Å². The van der Waals surface area contributed by atoms with Gasteiger partial charge in [0, 0.05) is 12.5 Å². The van der Waals surface area contributed by atoms with E-state index in [-0.39, 0.29) is 31.6 Å². The van der Waals surface area contributed by atoms with Gasteiger partial charge in [-0.15, -0.1) is 0 Å². The predicted octanol–water partition coefficient (Wildman–Crippen LogP) is 3.88. The van der Waals surface area contributed by atoms with Crippen LogP contribution in [-0.2, 0) is 4.74 Å². The van der Waals surface area contributed by atoms with Crippen LogP contribution in [-0.4, -0.2) is 41.9 Å². The fraction of sp³-hybridized carbons (Fsp3) is 0.435. The minimum Gasteiger partial charge on any atom is -0.450 e. The van der Waals surface area contributed by atoms with Crippen LogP contribution in [0.25, 0.3) is 0 Å². The average molecular weight is 472 g/mol. The van der Waals surface area contributed by atoms with Crippen LogP contribution in [0.3, 0.4) is 0 Å². The number of carbonyl (C=O) groups excluding carboxylic acids is 1. The molecule has 1 amide bonds. The molecule has 182 valence electrons. The third kappa shape index (κ3) is 7.69. The van der Waals surface area contributed by atoms with Crippen LogP contribution in [0.1, 0.15) is 49.7 Å². The van der Waals surface area contributed by atoms with E-state index < -0.39 is 53.6 Å². The van der Waals surface area contributed by atoms with Gasteiger partial charge in [-0.1, -0.05) is 19.1 Å². The zero-order valence-corrected chi connectivity index (χ0v) is 18.3. The summed E-state index contributed by atoms with van der Waals surface area (Å²) in [5, 5.41) is 25.5. The number of aliphatic hydroxyl groups is 2. The zero-order valence-electron chi connectivity index (χ0n) is 18.3. The van der Waals surface area contributed by atoms with Crippen molar-refractivity contribution in [2.75, 3.05) is 13.2 Å². The molecule has 6 nitrogen and oxygen atoms in total. The molecule has 4 N–H and O–H groups in total. The van der Waals surface area contributed by atoms with Gasteiger partial charge in [-0.25, -0.2) is 22.4 Å². The van der Waals surface area contributed by atoms with Crippen LogP contribution < -0.4 is 10.6 Å². The predicted molar refractivity (Wildman–Crippen MR) is 113 cm³/mol. The average Bonchev–Trinajstić information content (AvgIpc) is 2.75. The number of ether oxygens (including phenoxy) is 1. The lowest BCUT2D eigenvalue weighted by Crippen LogP contribution is -2.53. The van der Waals surface area contributed by atoms with Crippen molar-refractivity contribution in [2.24, 2.45) is 0 Å². The van der Waals surface area contributed by atoms with Crippen molar-refractivity contribution in [1.29, 1.82) is 0 Å². The summed E-state index contributed by atoms with van der Waals surface area (Å²) in [4.78, 5) is 12.1. The van der Waals surface area contributed by atoms with Gasteiger partial charge in [0.2, 0.25) is 0 Å². The SMILES string of the molecule is CCOC(=O)NC(NC(O)CC(C)c1ccc(F)c(F)c1)C(CCO)c1ccc(F)c(F)c1. The second kappa shape index (κ2) is 12.5. The molecule has 0 aliphatic carbocycles. The maximum Gasteiger partial charge on any atom is 0.408 e. The summed E-state index contributed by atoms with van der Waals surface area (Å²) in [6, 6.07) is 6.63. The quantitative estimate of drug-likeness (QED) is 0.294. The van der Waals surface area contributed by atoms with Gasteiger partial charge >= 0.3 is 6.09 Å². The summed E-state index contributed by atoms with van der Waals surface area (Å²) in [5.41, 5.74) is 0.732. The van der Waals surface area contributed by atoms with Crippen molar-refractivity contribution >= 4 is 6.09 Å². The fourth-order valence-electron chi connectivity index (χ4n) is 3.53. The molecule has 0 bridgehead atoms. The number of carbonyl (C=O) groups is 1. The molecule has 2 rings (SSSR count). The van der Waals surface area contributed by atoms with Gasteiger partial charge in [0.15, 0.2) is 23.3 Å². The van der Waals surface area contributed by atoms with E-state index in [9.17, 15) is 32.6 Å². The Morgan fingerprint density at radius 1 is 1.00 bits per heavy atom. The van der Waals surface area contributed by atoms with E-state index >= 15 is 0 Å². The van der Waals surface area contributed by atoms with Crippen LogP contribution in [0.2, 0.25) is 0 Å². The van der Waals surface area contributed by atoms with Crippen molar-refractivity contribution in [3.05, 3.63) is 70.8 Å². The first-order chi connectivity index (χ1) is 15.7. The highest BCUT2D eigenvalue weighted by atomic mass is 19.2. The van der Waals surface area contributed by atoms with Crippen LogP contribution in [0, 0.1) is 23.3 Å². The van der Waals surface area contributed by atoms with Gasteiger partial charge in [-0.3, -0.25) is 5.32 Å². The first-order valence-corrected chi connectivity index (χ1v) is 10.5. The van der Waals surface area contributed by atoms with Crippen molar-refractivity contribution in [2.45, 2.75) is 50.9 Å². The smallest absolute Gasteiger partial charge is 0.408 e. The van der Waals surface area contributed by atoms with E-state index in [2.05, 4.69) is 10.6 Å². The Balaban J connectivity index is 2.23. The molecule has 0 spiro atoms. The number of aliphatic hydroxyl groups excluding tert-OH is 2. The maximum atomic E-state index is 13.8. The Bertz CT molecular complexity index is 931. The van der Waals surface area contributed by atoms with E-state index in [0.717, 1.165) is 24.3 Å². The lowest BCUT2D eigenvalue weighted by atomic mass is 9.91. The minimum atomic E-state index is -1.24. The number of rotatable bonds is 11. The monoisotopic (exact) mass is 472 g/mol. The number of alkyl carbamates (subject to hydrolysis) is 1. The molecule has 0 aliphatic rings. The van der Waals surface area contributed by atoms with Crippen LogP contribution in [0.15, 0.2) is 36.4 Å². The van der Waals surface area contributed by atoms with Gasteiger partial charge in [-0.05, 0) is 61.1 Å². The van der Waals surface area contributed by atoms with Crippen molar-refractivity contribution < 1.29 is 37.3 Å². The summed E-state index contributed by atoms with van der Waals surface area (Å²) in [7, 11) is 0. The molecule has 0 radical (unpaired) electrons. The molecule has 10 heteroatoms. The van der Waals surface area contributed by atoms with Gasteiger partial charge in [0.05, 0.1) is 12.8 Å². The van der Waals surface area contributed by atoms with E-state index in [4.69, 9.17) is 4.74 Å². The third-order valence-electron chi connectivity index (χ3n) is 5.22.